The van der Waals surface area contributed by atoms with Crippen LogP contribution in [0.25, 0.3) is 32.7 Å². The summed E-state index contributed by atoms with van der Waals surface area (Å²) in [6.45, 7) is 0.983. The number of nitrogens with zero attached hydrogens (tertiary/aromatic N) is 3. The van der Waals surface area contributed by atoms with Gasteiger partial charge >= 0.3 is 0 Å². The second-order valence-electron chi connectivity index (χ2n) is 6.14. The second kappa shape index (κ2) is 5.84. The van der Waals surface area contributed by atoms with Gasteiger partial charge in [0.25, 0.3) is 0 Å². The summed E-state index contributed by atoms with van der Waals surface area (Å²) >= 11 is 14.3. The van der Waals surface area contributed by atoms with Gasteiger partial charge in [-0.2, -0.15) is 0 Å². The molecule has 25 heavy (non-hydrogen) atoms. The predicted octanol–water partition coefficient (Wildman–Crippen LogP) is 6.08. The van der Waals surface area contributed by atoms with Crippen LogP contribution in [0.1, 0.15) is 12.2 Å². The van der Waals surface area contributed by atoms with Crippen LogP contribution >= 0.6 is 34.5 Å². The summed E-state index contributed by atoms with van der Waals surface area (Å²) in [4.78, 5) is 9.29. The molecule has 0 aliphatic carbocycles. The van der Waals surface area contributed by atoms with Gasteiger partial charge in [0, 0.05) is 29.1 Å². The van der Waals surface area contributed by atoms with Crippen LogP contribution in [0.2, 0.25) is 10.0 Å². The van der Waals surface area contributed by atoms with Gasteiger partial charge < -0.3 is 4.57 Å². The minimum atomic E-state index is 0.663. The Morgan fingerprint density at radius 1 is 1.08 bits per heavy atom. The quantitative estimate of drug-likeness (QED) is 0.418. The Hall–Kier alpha value is -1.88. The molecule has 0 radical (unpaired) electrons. The first-order chi connectivity index (χ1) is 12.2. The van der Waals surface area contributed by atoms with Crippen molar-refractivity contribution in [1.82, 2.24) is 14.5 Å². The average molecular weight is 386 g/mol. The summed E-state index contributed by atoms with van der Waals surface area (Å²) in [5, 5.41) is 1.33. The molecule has 0 amide bonds. The van der Waals surface area contributed by atoms with E-state index in [0.717, 1.165) is 53.2 Å². The number of hydrogen-bond acceptors (Lipinski definition) is 3. The van der Waals surface area contributed by atoms with E-state index in [4.69, 9.17) is 28.2 Å². The Bertz CT molecular complexity index is 1110. The SMILES string of the molecule is Clc1ccc(Cl)c(-c2nc3n(c2-c2ccc4ncsc4c2)CCC3)c1. The fourth-order valence-electron chi connectivity index (χ4n) is 3.49. The molecule has 124 valence electrons. The van der Waals surface area contributed by atoms with Crippen LogP contribution in [-0.4, -0.2) is 14.5 Å². The lowest BCUT2D eigenvalue weighted by molar-refractivity contribution is 0.756. The maximum Gasteiger partial charge on any atom is 0.109 e. The van der Waals surface area contributed by atoms with Crippen LogP contribution in [0.3, 0.4) is 0 Å². The van der Waals surface area contributed by atoms with Gasteiger partial charge in [-0.05, 0) is 36.8 Å². The van der Waals surface area contributed by atoms with Crippen LogP contribution in [0.5, 0.6) is 0 Å². The van der Waals surface area contributed by atoms with E-state index in [9.17, 15) is 0 Å². The van der Waals surface area contributed by atoms with Crippen molar-refractivity contribution in [3.63, 3.8) is 0 Å². The Morgan fingerprint density at radius 3 is 2.92 bits per heavy atom. The Kier molecular flexibility index (Phi) is 3.59. The average Bonchev–Trinajstić information content (AvgIpc) is 3.30. The predicted molar refractivity (Wildman–Crippen MR) is 105 cm³/mol. The lowest BCUT2D eigenvalue weighted by Gasteiger charge is -2.10. The molecule has 0 saturated carbocycles. The van der Waals surface area contributed by atoms with Gasteiger partial charge in [0.2, 0.25) is 0 Å². The molecule has 5 rings (SSSR count). The van der Waals surface area contributed by atoms with E-state index in [0.29, 0.717) is 10.0 Å². The van der Waals surface area contributed by atoms with Gasteiger partial charge in [0.15, 0.2) is 0 Å². The van der Waals surface area contributed by atoms with E-state index in [-0.39, 0.29) is 0 Å². The molecule has 0 fully saturated rings. The van der Waals surface area contributed by atoms with Crippen LogP contribution < -0.4 is 0 Å². The lowest BCUT2D eigenvalue weighted by Crippen LogP contribution is -1.96. The van der Waals surface area contributed by atoms with E-state index in [1.807, 2.05) is 17.6 Å². The number of hydrogen-bond donors (Lipinski definition) is 0. The third-order valence-electron chi connectivity index (χ3n) is 4.62. The highest BCUT2D eigenvalue weighted by molar-refractivity contribution is 7.16. The summed E-state index contributed by atoms with van der Waals surface area (Å²) in [5.41, 5.74) is 6.96. The topological polar surface area (TPSA) is 30.7 Å². The fraction of sp³-hybridized carbons (Fsp3) is 0.158. The molecule has 0 saturated heterocycles. The van der Waals surface area contributed by atoms with Crippen molar-refractivity contribution in [1.29, 1.82) is 0 Å². The molecule has 3 heterocycles. The zero-order valence-corrected chi connectivity index (χ0v) is 15.5. The number of halogens is 2. The van der Waals surface area contributed by atoms with E-state index in [1.165, 1.54) is 4.70 Å². The van der Waals surface area contributed by atoms with Crippen LogP contribution in [0, 0.1) is 0 Å². The van der Waals surface area contributed by atoms with Gasteiger partial charge in [-0.15, -0.1) is 11.3 Å². The van der Waals surface area contributed by atoms with Crippen LogP contribution in [-0.2, 0) is 13.0 Å². The molecule has 6 heteroatoms. The maximum atomic E-state index is 6.47. The molecular weight excluding hydrogens is 373 g/mol. The third-order valence-corrected chi connectivity index (χ3v) is 5.97. The zero-order valence-electron chi connectivity index (χ0n) is 13.2. The summed E-state index contributed by atoms with van der Waals surface area (Å²) in [7, 11) is 0. The first-order valence-electron chi connectivity index (χ1n) is 8.09. The van der Waals surface area contributed by atoms with E-state index in [2.05, 4.69) is 27.8 Å². The summed E-state index contributed by atoms with van der Waals surface area (Å²) in [6.07, 6.45) is 2.12. The molecule has 0 unspecified atom stereocenters. The first kappa shape index (κ1) is 15.4. The summed E-state index contributed by atoms with van der Waals surface area (Å²) in [6, 6.07) is 11.9. The molecule has 0 bridgehead atoms. The van der Waals surface area contributed by atoms with Crippen molar-refractivity contribution in [3.05, 3.63) is 57.8 Å². The molecule has 0 N–H and O–H groups in total. The number of benzene rings is 2. The van der Waals surface area contributed by atoms with Crippen molar-refractivity contribution in [2.75, 3.05) is 0 Å². The lowest BCUT2D eigenvalue weighted by atomic mass is 10.0. The van der Waals surface area contributed by atoms with E-state index < -0.39 is 0 Å². The molecule has 0 spiro atoms. The zero-order chi connectivity index (χ0) is 17.0. The third kappa shape index (κ3) is 2.48. The fourth-order valence-corrected chi connectivity index (χ4v) is 4.58. The smallest absolute Gasteiger partial charge is 0.109 e. The molecule has 1 aliphatic heterocycles. The number of thiazole rings is 1. The van der Waals surface area contributed by atoms with Gasteiger partial charge in [-0.3, -0.25) is 0 Å². The largest absolute Gasteiger partial charge is 0.327 e. The van der Waals surface area contributed by atoms with Crippen molar-refractivity contribution in [3.8, 4) is 22.5 Å². The van der Waals surface area contributed by atoms with Gasteiger partial charge in [-0.25, -0.2) is 9.97 Å². The number of rotatable bonds is 2. The van der Waals surface area contributed by atoms with Gasteiger partial charge in [0.05, 0.1) is 32.1 Å². The van der Waals surface area contributed by atoms with Crippen molar-refractivity contribution in [2.24, 2.45) is 0 Å². The monoisotopic (exact) mass is 385 g/mol. The molecule has 0 atom stereocenters. The highest BCUT2D eigenvalue weighted by Gasteiger charge is 2.24. The summed E-state index contributed by atoms with van der Waals surface area (Å²) in [5.74, 6) is 1.12. The summed E-state index contributed by atoms with van der Waals surface area (Å²) < 4.78 is 3.49. The highest BCUT2D eigenvalue weighted by Crippen LogP contribution is 2.40. The molecule has 2 aromatic carbocycles. The van der Waals surface area contributed by atoms with Crippen molar-refractivity contribution < 1.29 is 0 Å². The van der Waals surface area contributed by atoms with Crippen molar-refractivity contribution in [2.45, 2.75) is 19.4 Å². The van der Waals surface area contributed by atoms with Crippen LogP contribution in [0.15, 0.2) is 41.9 Å². The number of aromatic nitrogens is 3. The molecular formula is C19H13Cl2N3S. The molecule has 4 aromatic rings. The molecule has 2 aromatic heterocycles. The van der Waals surface area contributed by atoms with Gasteiger partial charge in [-0.1, -0.05) is 29.3 Å². The van der Waals surface area contributed by atoms with E-state index in [1.54, 1.807) is 17.4 Å². The first-order valence-corrected chi connectivity index (χ1v) is 9.73. The minimum absolute atomic E-state index is 0.663. The number of fused-ring (bicyclic) bond motifs is 2. The second-order valence-corrected chi connectivity index (χ2v) is 7.87. The Labute approximate surface area is 158 Å². The highest BCUT2D eigenvalue weighted by atomic mass is 35.5. The van der Waals surface area contributed by atoms with Crippen molar-refractivity contribution >= 4 is 44.8 Å². The maximum absolute atomic E-state index is 6.47. The minimum Gasteiger partial charge on any atom is -0.327 e. The molecule has 1 aliphatic rings. The Morgan fingerprint density at radius 2 is 2.00 bits per heavy atom. The number of imidazole rings is 1. The normalized spacial score (nSPS) is 13.5. The van der Waals surface area contributed by atoms with E-state index >= 15 is 0 Å². The van der Waals surface area contributed by atoms with Crippen LogP contribution in [0.4, 0.5) is 0 Å². The Balaban J connectivity index is 1.79. The molecule has 3 nitrogen and oxygen atoms in total. The van der Waals surface area contributed by atoms with Gasteiger partial charge in [0.1, 0.15) is 5.82 Å². The standard InChI is InChI=1S/C19H13Cl2N3S/c20-12-4-5-14(21)13(9-12)18-19(24-7-1-2-17(24)23-18)11-3-6-15-16(8-11)25-10-22-15/h3-6,8-10H,1-2,7H2. The number of aryl methyl sites for hydroxylation is 1.